The molecule has 0 radical (unpaired) electrons. The Hall–Kier alpha value is -4.30. The molecular weight excluding hydrogens is 487 g/mol. The third-order valence-electron chi connectivity index (χ3n) is 7.78. The molecule has 4 aromatic rings. The van der Waals surface area contributed by atoms with Crippen LogP contribution in [0, 0.1) is 17.1 Å². The molecule has 0 unspecified atom stereocenters. The average molecular weight is 515 g/mol. The Morgan fingerprint density at radius 3 is 2.84 bits per heavy atom. The first-order valence-electron chi connectivity index (χ1n) is 12.6. The van der Waals surface area contributed by atoms with E-state index in [1.165, 1.54) is 25.6 Å². The van der Waals surface area contributed by atoms with Gasteiger partial charge in [-0.3, -0.25) is 14.4 Å². The van der Waals surface area contributed by atoms with Crippen LogP contribution < -0.4 is 4.74 Å². The van der Waals surface area contributed by atoms with Crippen molar-refractivity contribution in [1.82, 2.24) is 34.5 Å². The second-order valence-electron chi connectivity index (χ2n) is 9.94. The molecule has 5 heterocycles. The number of likely N-dealkylation sites (tertiary alicyclic amines) is 2. The van der Waals surface area contributed by atoms with E-state index < -0.39 is 11.4 Å². The number of nitrogens with one attached hydrogen (secondary N) is 1. The fourth-order valence-electron chi connectivity index (χ4n) is 5.73. The lowest BCUT2D eigenvalue weighted by Gasteiger charge is -2.53. The van der Waals surface area contributed by atoms with Gasteiger partial charge in [-0.25, -0.2) is 14.4 Å². The molecule has 0 spiro atoms. The maximum Gasteiger partial charge on any atom is 0.260 e. The van der Waals surface area contributed by atoms with Crippen LogP contribution in [-0.2, 0) is 5.54 Å². The molecule has 0 aliphatic carbocycles. The minimum absolute atomic E-state index is 0.0134. The molecule has 11 heteroatoms. The molecule has 1 amide bonds. The van der Waals surface area contributed by atoms with E-state index in [0.717, 1.165) is 35.1 Å². The highest BCUT2D eigenvalue weighted by Crippen LogP contribution is 2.37. The van der Waals surface area contributed by atoms with E-state index in [2.05, 4.69) is 31.0 Å². The number of benzene rings is 1. The average Bonchev–Trinajstić information content (AvgIpc) is 3.60. The molecular formula is C27H27FN8O2. The van der Waals surface area contributed by atoms with Crippen LogP contribution in [0.1, 0.15) is 29.6 Å². The zero-order chi connectivity index (χ0) is 26.3. The highest BCUT2D eigenvalue weighted by atomic mass is 19.1. The fraction of sp³-hybridized carbons (Fsp3) is 0.370. The molecule has 2 fully saturated rings. The zero-order valence-corrected chi connectivity index (χ0v) is 21.0. The monoisotopic (exact) mass is 514 g/mol. The summed E-state index contributed by atoms with van der Waals surface area (Å²) in [6.07, 6.45) is 9.02. The number of rotatable bonds is 6. The van der Waals surface area contributed by atoms with Gasteiger partial charge in [-0.15, -0.1) is 0 Å². The number of carbonyl (C=O) groups is 1. The molecule has 38 heavy (non-hydrogen) atoms. The summed E-state index contributed by atoms with van der Waals surface area (Å²) >= 11 is 0. The van der Waals surface area contributed by atoms with Crippen LogP contribution in [0.4, 0.5) is 4.39 Å². The van der Waals surface area contributed by atoms with Crippen LogP contribution >= 0.6 is 0 Å². The Labute approximate surface area is 218 Å². The highest BCUT2D eigenvalue weighted by Gasteiger charge is 2.48. The predicted octanol–water partition coefficient (Wildman–Crippen LogP) is 3.20. The van der Waals surface area contributed by atoms with Gasteiger partial charge in [0.05, 0.1) is 31.5 Å². The highest BCUT2D eigenvalue weighted by molar-refractivity contribution is 5.97. The van der Waals surface area contributed by atoms with Crippen LogP contribution in [-0.4, -0.2) is 79.8 Å². The Morgan fingerprint density at radius 1 is 1.26 bits per heavy atom. The van der Waals surface area contributed by atoms with Gasteiger partial charge in [0.25, 0.3) is 5.91 Å². The molecule has 194 valence electrons. The first kappa shape index (κ1) is 24.1. The number of nitrogens with zero attached hydrogens (tertiary/aromatic N) is 7. The summed E-state index contributed by atoms with van der Waals surface area (Å²) in [6.45, 7) is 2.47. The van der Waals surface area contributed by atoms with Gasteiger partial charge in [0.15, 0.2) is 0 Å². The van der Waals surface area contributed by atoms with Crippen molar-refractivity contribution in [3.8, 4) is 23.1 Å². The number of amides is 1. The van der Waals surface area contributed by atoms with Gasteiger partial charge < -0.3 is 14.6 Å². The summed E-state index contributed by atoms with van der Waals surface area (Å²) in [7, 11) is 1.44. The molecule has 3 aromatic heterocycles. The zero-order valence-electron chi connectivity index (χ0n) is 21.0. The van der Waals surface area contributed by atoms with Crippen molar-refractivity contribution >= 4 is 16.9 Å². The third kappa shape index (κ3) is 3.97. The molecule has 0 bridgehead atoms. The van der Waals surface area contributed by atoms with E-state index in [1.54, 1.807) is 17.2 Å². The van der Waals surface area contributed by atoms with Gasteiger partial charge >= 0.3 is 0 Å². The fourth-order valence-corrected chi connectivity index (χ4v) is 5.73. The van der Waals surface area contributed by atoms with Gasteiger partial charge in [0.2, 0.25) is 0 Å². The van der Waals surface area contributed by atoms with Crippen molar-refractivity contribution in [3.05, 3.63) is 60.6 Å². The largest absolute Gasteiger partial charge is 0.496 e. The number of halogens is 1. The summed E-state index contributed by atoms with van der Waals surface area (Å²) in [5, 5.41) is 15.2. The second kappa shape index (κ2) is 9.54. The van der Waals surface area contributed by atoms with Crippen molar-refractivity contribution in [3.63, 3.8) is 0 Å². The Balaban J connectivity index is 1.13. The first-order chi connectivity index (χ1) is 18.5. The molecule has 0 saturated carbocycles. The lowest BCUT2D eigenvalue weighted by molar-refractivity contribution is -0.0412. The standard InChI is InChI=1S/C27H27FN8O2/c1-38-22-4-2-3-21(28)23(22)26(37)34-11-6-19(7-12-34)35-15-27(16-35,8-9-29)36-14-18(13-33-36)24-20-5-10-30-25(20)32-17-31-24/h2-5,10,13-14,17,19H,6-8,11-12,15-16H2,1H3,(H,30,31,32). The minimum Gasteiger partial charge on any atom is -0.496 e. The maximum absolute atomic E-state index is 14.4. The normalized spacial score (nSPS) is 17.8. The van der Waals surface area contributed by atoms with Gasteiger partial charge in [-0.1, -0.05) is 6.07 Å². The third-order valence-corrected chi connectivity index (χ3v) is 7.78. The van der Waals surface area contributed by atoms with Gasteiger partial charge in [-0.2, -0.15) is 10.4 Å². The van der Waals surface area contributed by atoms with Crippen LogP contribution in [0.2, 0.25) is 0 Å². The number of piperidine rings is 1. The van der Waals surface area contributed by atoms with Gasteiger partial charge in [0, 0.05) is 55.6 Å². The summed E-state index contributed by atoms with van der Waals surface area (Å²) in [4.78, 5) is 28.9. The number of aromatic nitrogens is 5. The number of ether oxygens (including phenoxy) is 1. The quantitative estimate of drug-likeness (QED) is 0.420. The number of methoxy groups -OCH3 is 1. The summed E-state index contributed by atoms with van der Waals surface area (Å²) in [5.41, 5.74) is 2.02. The number of fused-ring (bicyclic) bond motifs is 1. The molecule has 10 nitrogen and oxygen atoms in total. The predicted molar refractivity (Wildman–Crippen MR) is 137 cm³/mol. The van der Waals surface area contributed by atoms with E-state index >= 15 is 0 Å². The number of carbonyl (C=O) groups excluding carboxylic acids is 1. The number of aromatic amines is 1. The molecule has 2 saturated heterocycles. The minimum atomic E-state index is -0.571. The molecule has 0 atom stereocenters. The van der Waals surface area contributed by atoms with E-state index in [1.807, 2.05) is 23.1 Å². The van der Waals surface area contributed by atoms with Crippen LogP contribution in [0.25, 0.3) is 22.3 Å². The second-order valence-corrected chi connectivity index (χ2v) is 9.94. The molecule has 1 N–H and O–H groups in total. The molecule has 2 aliphatic rings. The Bertz CT molecular complexity index is 1530. The molecule has 2 aliphatic heterocycles. The van der Waals surface area contributed by atoms with E-state index in [-0.39, 0.29) is 23.3 Å². The van der Waals surface area contributed by atoms with Crippen molar-refractivity contribution < 1.29 is 13.9 Å². The van der Waals surface area contributed by atoms with Crippen molar-refractivity contribution in [2.75, 3.05) is 33.3 Å². The maximum atomic E-state index is 14.4. The summed E-state index contributed by atoms with van der Waals surface area (Å²) in [5.74, 6) is -0.664. The summed E-state index contributed by atoms with van der Waals surface area (Å²) in [6, 6.07) is 8.99. The van der Waals surface area contributed by atoms with E-state index in [9.17, 15) is 14.4 Å². The van der Waals surface area contributed by atoms with Crippen LogP contribution in [0.15, 0.2) is 49.2 Å². The first-order valence-corrected chi connectivity index (χ1v) is 12.6. The topological polar surface area (TPSA) is 116 Å². The number of hydrogen-bond donors (Lipinski definition) is 1. The van der Waals surface area contributed by atoms with Crippen LogP contribution in [0.5, 0.6) is 5.75 Å². The number of H-pyrrole nitrogens is 1. The van der Waals surface area contributed by atoms with Gasteiger partial charge in [-0.05, 0) is 31.0 Å². The van der Waals surface area contributed by atoms with E-state index in [4.69, 9.17) is 4.74 Å². The molecule has 6 rings (SSSR count). The molecule has 1 aromatic carbocycles. The van der Waals surface area contributed by atoms with Crippen molar-refractivity contribution in [2.24, 2.45) is 0 Å². The van der Waals surface area contributed by atoms with Crippen molar-refractivity contribution in [1.29, 1.82) is 5.26 Å². The Kier molecular flexibility index (Phi) is 6.04. The van der Waals surface area contributed by atoms with Crippen molar-refractivity contribution in [2.45, 2.75) is 30.8 Å². The van der Waals surface area contributed by atoms with Crippen LogP contribution in [0.3, 0.4) is 0 Å². The number of hydrogen-bond acceptors (Lipinski definition) is 7. The van der Waals surface area contributed by atoms with Gasteiger partial charge in [0.1, 0.15) is 34.6 Å². The number of nitriles is 1. The summed E-state index contributed by atoms with van der Waals surface area (Å²) < 4.78 is 21.6. The SMILES string of the molecule is COc1cccc(F)c1C(=O)N1CCC(N2CC(CC#N)(n3cc(-c4ncnc5[nH]ccc45)cn3)C2)CC1. The lowest BCUT2D eigenvalue weighted by Crippen LogP contribution is -2.66. The Morgan fingerprint density at radius 2 is 2.08 bits per heavy atom. The van der Waals surface area contributed by atoms with E-state index in [0.29, 0.717) is 32.6 Å². The lowest BCUT2D eigenvalue weighted by atomic mass is 9.83. The smallest absolute Gasteiger partial charge is 0.260 e.